The number of nitrogens with one attached hydrogen (secondary N) is 1. The highest BCUT2D eigenvalue weighted by atomic mass is 32.2. The maximum absolute atomic E-state index is 12.6. The standard InChI is InChI=1S/C19H30N4O2S/c1-20-18(23-13-12-19(15-23)10-6-7-11-19)21-14-16-8-4-5-9-17(16)26(24,25)22(2)3/h4-5,8-9H,6-7,10-15H2,1-3H3,(H,20,21). The molecular weight excluding hydrogens is 348 g/mol. The number of rotatable bonds is 4. The predicted octanol–water partition coefficient (Wildman–Crippen LogP) is 2.28. The van der Waals surface area contributed by atoms with Gasteiger partial charge in [-0.05, 0) is 36.3 Å². The topological polar surface area (TPSA) is 65.0 Å². The van der Waals surface area contributed by atoms with Gasteiger partial charge in [-0.1, -0.05) is 31.0 Å². The molecule has 1 aliphatic heterocycles. The minimum atomic E-state index is -3.46. The number of hydrogen-bond donors (Lipinski definition) is 1. The molecule has 3 rings (SSSR count). The molecule has 1 saturated heterocycles. The van der Waals surface area contributed by atoms with Crippen molar-refractivity contribution < 1.29 is 8.42 Å². The lowest BCUT2D eigenvalue weighted by Crippen LogP contribution is -2.41. The fourth-order valence-corrected chi connectivity index (χ4v) is 5.37. The smallest absolute Gasteiger partial charge is 0.242 e. The molecule has 0 bridgehead atoms. The SMILES string of the molecule is CN=C(NCc1ccccc1S(=O)(=O)N(C)C)N1CCC2(CCCC2)C1. The molecule has 6 nitrogen and oxygen atoms in total. The third kappa shape index (κ3) is 3.74. The third-order valence-corrected chi connectivity index (χ3v) is 7.70. The Balaban J connectivity index is 1.71. The van der Waals surface area contributed by atoms with E-state index in [-0.39, 0.29) is 0 Å². The zero-order valence-electron chi connectivity index (χ0n) is 16.0. The van der Waals surface area contributed by atoms with Crippen molar-refractivity contribution in [1.29, 1.82) is 0 Å². The largest absolute Gasteiger partial charge is 0.352 e. The Morgan fingerprint density at radius 1 is 1.23 bits per heavy atom. The fourth-order valence-electron chi connectivity index (χ4n) is 4.25. The molecule has 1 aromatic carbocycles. The van der Waals surface area contributed by atoms with Crippen LogP contribution in [0.15, 0.2) is 34.2 Å². The van der Waals surface area contributed by atoms with Crippen molar-refractivity contribution in [2.75, 3.05) is 34.2 Å². The summed E-state index contributed by atoms with van der Waals surface area (Å²) in [5, 5.41) is 3.38. The minimum Gasteiger partial charge on any atom is -0.352 e. The molecule has 0 unspecified atom stereocenters. The lowest BCUT2D eigenvalue weighted by atomic mass is 9.86. The lowest BCUT2D eigenvalue weighted by molar-refractivity contribution is 0.309. The van der Waals surface area contributed by atoms with E-state index in [4.69, 9.17) is 0 Å². The summed E-state index contributed by atoms with van der Waals surface area (Å²) < 4.78 is 26.4. The van der Waals surface area contributed by atoms with Crippen LogP contribution < -0.4 is 5.32 Å². The quantitative estimate of drug-likeness (QED) is 0.645. The van der Waals surface area contributed by atoms with Crippen LogP contribution in [0, 0.1) is 5.41 Å². The van der Waals surface area contributed by atoms with Gasteiger partial charge in [0.25, 0.3) is 0 Å². The van der Waals surface area contributed by atoms with E-state index in [1.807, 2.05) is 12.1 Å². The molecule has 1 spiro atoms. The second kappa shape index (κ2) is 7.56. The lowest BCUT2D eigenvalue weighted by Gasteiger charge is -2.26. The maximum atomic E-state index is 12.6. The van der Waals surface area contributed by atoms with Crippen molar-refractivity contribution in [3.63, 3.8) is 0 Å². The van der Waals surface area contributed by atoms with Crippen molar-refractivity contribution in [1.82, 2.24) is 14.5 Å². The van der Waals surface area contributed by atoms with Crippen molar-refractivity contribution in [2.24, 2.45) is 10.4 Å². The zero-order chi connectivity index (χ0) is 18.8. The Hall–Kier alpha value is -1.60. The Kier molecular flexibility index (Phi) is 5.58. The number of nitrogens with zero attached hydrogens (tertiary/aromatic N) is 3. The molecule has 1 aliphatic carbocycles. The Labute approximate surface area is 157 Å². The van der Waals surface area contributed by atoms with Crippen molar-refractivity contribution in [3.05, 3.63) is 29.8 Å². The van der Waals surface area contributed by atoms with Gasteiger partial charge in [-0.25, -0.2) is 12.7 Å². The molecule has 1 saturated carbocycles. The highest BCUT2D eigenvalue weighted by Crippen LogP contribution is 2.45. The highest BCUT2D eigenvalue weighted by molar-refractivity contribution is 7.89. The number of hydrogen-bond acceptors (Lipinski definition) is 3. The second-order valence-electron chi connectivity index (χ2n) is 7.67. The van der Waals surface area contributed by atoms with Crippen LogP contribution in [0.5, 0.6) is 0 Å². The van der Waals surface area contributed by atoms with E-state index >= 15 is 0 Å². The Morgan fingerprint density at radius 2 is 1.92 bits per heavy atom. The number of guanidine groups is 1. The van der Waals surface area contributed by atoms with Gasteiger partial charge in [0.1, 0.15) is 0 Å². The van der Waals surface area contributed by atoms with E-state index < -0.39 is 10.0 Å². The average molecular weight is 379 g/mol. The summed E-state index contributed by atoms with van der Waals surface area (Å²) in [4.78, 5) is 7.11. The summed E-state index contributed by atoms with van der Waals surface area (Å²) in [7, 11) is 1.46. The molecule has 0 amide bonds. The molecule has 144 valence electrons. The highest BCUT2D eigenvalue weighted by Gasteiger charge is 2.41. The van der Waals surface area contributed by atoms with Gasteiger partial charge in [0.15, 0.2) is 5.96 Å². The molecule has 1 heterocycles. The first kappa shape index (κ1) is 19.2. The maximum Gasteiger partial charge on any atom is 0.242 e. The van der Waals surface area contributed by atoms with Gasteiger partial charge < -0.3 is 10.2 Å². The van der Waals surface area contributed by atoms with Gasteiger partial charge in [-0.2, -0.15) is 0 Å². The van der Waals surface area contributed by atoms with Crippen LogP contribution in [0.1, 0.15) is 37.7 Å². The van der Waals surface area contributed by atoms with Gasteiger partial charge in [-0.15, -0.1) is 0 Å². The molecule has 1 N–H and O–H groups in total. The van der Waals surface area contributed by atoms with Crippen LogP contribution in [0.4, 0.5) is 0 Å². The van der Waals surface area contributed by atoms with Crippen molar-refractivity contribution in [2.45, 2.75) is 43.5 Å². The van der Waals surface area contributed by atoms with Gasteiger partial charge in [-0.3, -0.25) is 4.99 Å². The Bertz CT molecular complexity index is 767. The van der Waals surface area contributed by atoms with E-state index in [0.29, 0.717) is 16.9 Å². The van der Waals surface area contributed by atoms with Gasteiger partial charge in [0.05, 0.1) is 4.90 Å². The number of likely N-dealkylation sites (tertiary alicyclic amines) is 1. The Morgan fingerprint density at radius 3 is 2.58 bits per heavy atom. The van der Waals surface area contributed by atoms with Crippen LogP contribution in [0.3, 0.4) is 0 Å². The summed E-state index contributed by atoms with van der Waals surface area (Å²) in [5.41, 5.74) is 1.24. The number of aliphatic imine (C=N–C) groups is 1. The van der Waals surface area contributed by atoms with Crippen molar-refractivity contribution in [3.8, 4) is 0 Å². The molecule has 2 aliphatic rings. The molecule has 7 heteroatoms. The van der Waals surface area contributed by atoms with E-state index in [1.165, 1.54) is 36.4 Å². The molecule has 2 fully saturated rings. The second-order valence-corrected chi connectivity index (χ2v) is 9.79. The number of sulfonamides is 1. The van der Waals surface area contributed by atoms with E-state index in [1.54, 1.807) is 33.3 Å². The van der Waals surface area contributed by atoms with Crippen LogP contribution in [-0.2, 0) is 16.6 Å². The van der Waals surface area contributed by atoms with E-state index in [2.05, 4.69) is 15.2 Å². The molecule has 0 radical (unpaired) electrons. The first-order chi connectivity index (χ1) is 12.4. The zero-order valence-corrected chi connectivity index (χ0v) is 16.8. The van der Waals surface area contributed by atoms with Crippen LogP contribution in [0.2, 0.25) is 0 Å². The minimum absolute atomic E-state index is 0.349. The summed E-state index contributed by atoms with van der Waals surface area (Å²) in [6, 6.07) is 7.16. The average Bonchev–Trinajstić information content (AvgIpc) is 3.26. The molecule has 0 atom stereocenters. The van der Waals surface area contributed by atoms with E-state index in [9.17, 15) is 8.42 Å². The molecule has 26 heavy (non-hydrogen) atoms. The van der Waals surface area contributed by atoms with Gasteiger partial charge in [0.2, 0.25) is 10.0 Å². The normalized spacial score (nSPS) is 20.3. The predicted molar refractivity (Wildman–Crippen MR) is 105 cm³/mol. The summed E-state index contributed by atoms with van der Waals surface area (Å²) in [6.07, 6.45) is 6.57. The third-order valence-electron chi connectivity index (χ3n) is 5.78. The summed E-state index contributed by atoms with van der Waals surface area (Å²) in [6.45, 7) is 2.53. The summed E-state index contributed by atoms with van der Waals surface area (Å²) in [5.74, 6) is 0.867. The number of benzene rings is 1. The van der Waals surface area contributed by atoms with Crippen LogP contribution >= 0.6 is 0 Å². The van der Waals surface area contributed by atoms with Crippen molar-refractivity contribution >= 4 is 16.0 Å². The van der Waals surface area contributed by atoms with Gasteiger partial charge in [0, 0.05) is 40.8 Å². The molecule has 0 aromatic heterocycles. The van der Waals surface area contributed by atoms with E-state index in [0.717, 1.165) is 24.6 Å². The van der Waals surface area contributed by atoms with Gasteiger partial charge >= 0.3 is 0 Å². The first-order valence-corrected chi connectivity index (χ1v) is 10.8. The molecular formula is C19H30N4O2S. The van der Waals surface area contributed by atoms with Crippen LogP contribution in [0.25, 0.3) is 0 Å². The summed E-state index contributed by atoms with van der Waals surface area (Å²) >= 11 is 0. The molecule has 1 aromatic rings. The fraction of sp³-hybridized carbons (Fsp3) is 0.632. The monoisotopic (exact) mass is 378 g/mol. The first-order valence-electron chi connectivity index (χ1n) is 9.34. The van der Waals surface area contributed by atoms with Crippen LogP contribution in [-0.4, -0.2) is 57.8 Å².